The third-order valence-electron chi connectivity index (χ3n) is 4.40. The van der Waals surface area contributed by atoms with Gasteiger partial charge >= 0.3 is 12.1 Å². The van der Waals surface area contributed by atoms with Crippen molar-refractivity contribution < 1.29 is 19.1 Å². The molecule has 1 aromatic rings. The van der Waals surface area contributed by atoms with E-state index in [1.54, 1.807) is 0 Å². The second-order valence-corrected chi connectivity index (χ2v) is 7.67. The van der Waals surface area contributed by atoms with Crippen LogP contribution in [0.4, 0.5) is 4.79 Å². The van der Waals surface area contributed by atoms with E-state index in [9.17, 15) is 9.59 Å². The first-order valence-electron chi connectivity index (χ1n) is 10.7. The number of rotatable bonds is 14. The Hall–Kier alpha value is -2.04. The molecule has 0 aliphatic carbocycles. The highest BCUT2D eigenvalue weighted by molar-refractivity contribution is 5.81. The van der Waals surface area contributed by atoms with Gasteiger partial charge in [-0.25, -0.2) is 9.59 Å². The summed E-state index contributed by atoms with van der Waals surface area (Å²) in [6.45, 7) is 6.84. The van der Waals surface area contributed by atoms with E-state index in [0.717, 1.165) is 18.4 Å². The Labute approximate surface area is 170 Å². The molecular formula is C23H37NO4. The second-order valence-electron chi connectivity index (χ2n) is 7.67. The molecular weight excluding hydrogens is 354 g/mol. The van der Waals surface area contributed by atoms with Crippen LogP contribution in [0.5, 0.6) is 0 Å². The van der Waals surface area contributed by atoms with Gasteiger partial charge in [0, 0.05) is 6.42 Å². The predicted octanol–water partition coefficient (Wildman–Crippen LogP) is 5.27. The number of hydrogen-bond acceptors (Lipinski definition) is 4. The van der Waals surface area contributed by atoms with E-state index in [2.05, 4.69) is 12.2 Å². The van der Waals surface area contributed by atoms with E-state index in [1.165, 1.54) is 32.1 Å². The summed E-state index contributed by atoms with van der Waals surface area (Å²) in [5.41, 5.74) is 0.963. The average Bonchev–Trinajstić information content (AvgIpc) is 2.68. The maximum absolute atomic E-state index is 12.5. The molecule has 0 aliphatic heterocycles. The van der Waals surface area contributed by atoms with Crippen LogP contribution in [0, 0.1) is 5.92 Å². The first kappa shape index (κ1) is 24.0. The Morgan fingerprint density at radius 3 is 2.21 bits per heavy atom. The number of hydrogen-bond donors (Lipinski definition) is 1. The van der Waals surface area contributed by atoms with Crippen LogP contribution in [-0.2, 0) is 20.7 Å². The Balaban J connectivity index is 2.44. The number of alkyl carbamates (subject to hydrolysis) is 1. The van der Waals surface area contributed by atoms with Gasteiger partial charge in [-0.3, -0.25) is 0 Å². The summed E-state index contributed by atoms with van der Waals surface area (Å²) in [5, 5.41) is 2.66. The molecule has 0 unspecified atom stereocenters. The summed E-state index contributed by atoms with van der Waals surface area (Å²) in [6.07, 6.45) is 7.93. The SMILES string of the molecule is CCCCCCCCCOC(=O)[C@H](Cc1ccccc1)NC(=O)OCC(C)C. The minimum Gasteiger partial charge on any atom is -0.464 e. The molecule has 0 fully saturated rings. The zero-order chi connectivity index (χ0) is 20.6. The molecule has 0 bridgehead atoms. The Morgan fingerprint density at radius 2 is 1.57 bits per heavy atom. The molecule has 0 saturated heterocycles. The fourth-order valence-electron chi connectivity index (χ4n) is 2.80. The maximum Gasteiger partial charge on any atom is 0.407 e. The standard InChI is InChI=1S/C23H37NO4/c1-4-5-6-7-8-9-13-16-27-22(25)21(17-20-14-11-10-12-15-20)24-23(26)28-18-19(2)3/h10-12,14-15,19,21H,4-9,13,16-18H2,1-3H3,(H,24,26)/t21-/m0/s1. The maximum atomic E-state index is 12.5. The van der Waals surface area contributed by atoms with Crippen molar-refractivity contribution in [1.82, 2.24) is 5.32 Å². The Kier molecular flexibility index (Phi) is 12.8. The van der Waals surface area contributed by atoms with Gasteiger partial charge in [0.25, 0.3) is 0 Å². The fraction of sp³-hybridized carbons (Fsp3) is 0.652. The van der Waals surface area contributed by atoms with Gasteiger partial charge in [0.1, 0.15) is 6.04 Å². The summed E-state index contributed by atoms with van der Waals surface area (Å²) < 4.78 is 10.6. The number of nitrogens with one attached hydrogen (secondary N) is 1. The monoisotopic (exact) mass is 391 g/mol. The summed E-state index contributed by atoms with van der Waals surface area (Å²) >= 11 is 0. The number of ether oxygens (including phenoxy) is 2. The van der Waals surface area contributed by atoms with Gasteiger partial charge in [-0.1, -0.05) is 89.6 Å². The van der Waals surface area contributed by atoms with Crippen LogP contribution in [-0.4, -0.2) is 31.3 Å². The Morgan fingerprint density at radius 1 is 0.929 bits per heavy atom. The molecule has 0 spiro atoms. The van der Waals surface area contributed by atoms with Gasteiger partial charge < -0.3 is 14.8 Å². The van der Waals surface area contributed by atoms with Crippen molar-refractivity contribution in [2.24, 2.45) is 5.92 Å². The number of benzene rings is 1. The van der Waals surface area contributed by atoms with Crippen molar-refractivity contribution in [3.05, 3.63) is 35.9 Å². The van der Waals surface area contributed by atoms with Gasteiger partial charge in [0.15, 0.2) is 0 Å². The molecule has 1 atom stereocenters. The molecule has 0 aromatic heterocycles. The molecule has 1 N–H and O–H groups in total. The van der Waals surface area contributed by atoms with Crippen LogP contribution >= 0.6 is 0 Å². The molecule has 5 nitrogen and oxygen atoms in total. The largest absolute Gasteiger partial charge is 0.464 e. The highest BCUT2D eigenvalue weighted by atomic mass is 16.6. The fourth-order valence-corrected chi connectivity index (χ4v) is 2.80. The van der Waals surface area contributed by atoms with E-state index in [-0.39, 0.29) is 5.92 Å². The summed E-state index contributed by atoms with van der Waals surface area (Å²) in [6, 6.07) is 8.85. The minimum atomic E-state index is -0.744. The lowest BCUT2D eigenvalue weighted by Gasteiger charge is -2.18. The van der Waals surface area contributed by atoms with Crippen LogP contribution in [0.1, 0.15) is 71.3 Å². The van der Waals surface area contributed by atoms with Gasteiger partial charge in [-0.15, -0.1) is 0 Å². The van der Waals surface area contributed by atoms with Crippen molar-refractivity contribution in [3.63, 3.8) is 0 Å². The van der Waals surface area contributed by atoms with Gasteiger partial charge in [0.05, 0.1) is 13.2 Å². The molecule has 0 heterocycles. The van der Waals surface area contributed by atoms with Crippen molar-refractivity contribution in [3.8, 4) is 0 Å². The highest BCUT2D eigenvalue weighted by Gasteiger charge is 2.23. The molecule has 0 radical (unpaired) electrons. The van der Waals surface area contributed by atoms with Crippen LogP contribution in [0.3, 0.4) is 0 Å². The molecule has 1 amide bonds. The summed E-state index contributed by atoms with van der Waals surface area (Å²) in [5.74, 6) is -0.168. The van der Waals surface area contributed by atoms with E-state index in [1.807, 2.05) is 44.2 Å². The smallest absolute Gasteiger partial charge is 0.407 e. The lowest BCUT2D eigenvalue weighted by Crippen LogP contribution is -2.44. The molecule has 0 aliphatic rings. The van der Waals surface area contributed by atoms with E-state index in [4.69, 9.17) is 9.47 Å². The van der Waals surface area contributed by atoms with Crippen LogP contribution in [0.2, 0.25) is 0 Å². The zero-order valence-electron chi connectivity index (χ0n) is 17.7. The third-order valence-corrected chi connectivity index (χ3v) is 4.40. The van der Waals surface area contributed by atoms with Crippen molar-refractivity contribution in [1.29, 1.82) is 0 Å². The van der Waals surface area contributed by atoms with Crippen molar-refractivity contribution in [2.75, 3.05) is 13.2 Å². The minimum absolute atomic E-state index is 0.239. The van der Waals surface area contributed by atoms with Crippen LogP contribution < -0.4 is 5.32 Å². The van der Waals surface area contributed by atoms with Crippen molar-refractivity contribution in [2.45, 2.75) is 78.2 Å². The first-order chi connectivity index (χ1) is 13.5. The number of amides is 1. The van der Waals surface area contributed by atoms with E-state index in [0.29, 0.717) is 19.6 Å². The summed E-state index contributed by atoms with van der Waals surface area (Å²) in [4.78, 5) is 24.5. The first-order valence-corrected chi connectivity index (χ1v) is 10.7. The van der Waals surface area contributed by atoms with E-state index >= 15 is 0 Å². The molecule has 158 valence electrons. The molecule has 28 heavy (non-hydrogen) atoms. The highest BCUT2D eigenvalue weighted by Crippen LogP contribution is 2.09. The van der Waals surface area contributed by atoms with Gasteiger partial charge in [-0.2, -0.15) is 0 Å². The van der Waals surface area contributed by atoms with Gasteiger partial charge in [-0.05, 0) is 17.9 Å². The number of carbonyl (C=O) groups excluding carboxylic acids is 2. The van der Waals surface area contributed by atoms with Crippen molar-refractivity contribution >= 4 is 12.1 Å². The molecule has 1 aromatic carbocycles. The second kappa shape index (κ2) is 14.9. The van der Waals surface area contributed by atoms with Crippen LogP contribution in [0.25, 0.3) is 0 Å². The normalized spacial score (nSPS) is 11.9. The number of carbonyl (C=O) groups is 2. The lowest BCUT2D eigenvalue weighted by molar-refractivity contribution is -0.146. The molecule has 5 heteroatoms. The number of esters is 1. The Bertz CT molecular complexity index is 545. The van der Waals surface area contributed by atoms with E-state index < -0.39 is 18.1 Å². The molecule has 0 saturated carbocycles. The third kappa shape index (κ3) is 11.6. The zero-order valence-corrected chi connectivity index (χ0v) is 17.7. The molecule has 1 rings (SSSR count). The predicted molar refractivity (Wildman–Crippen MR) is 112 cm³/mol. The average molecular weight is 392 g/mol. The van der Waals surface area contributed by atoms with Gasteiger partial charge in [0.2, 0.25) is 0 Å². The number of unbranched alkanes of at least 4 members (excludes halogenated alkanes) is 6. The summed E-state index contributed by atoms with van der Waals surface area (Å²) in [7, 11) is 0. The lowest BCUT2D eigenvalue weighted by atomic mass is 10.1. The topological polar surface area (TPSA) is 64.6 Å². The van der Waals surface area contributed by atoms with Crippen LogP contribution in [0.15, 0.2) is 30.3 Å². The quantitative estimate of drug-likeness (QED) is 0.346.